The Morgan fingerprint density at radius 3 is 2.45 bits per heavy atom. The van der Waals surface area contributed by atoms with Gasteiger partial charge in [0.05, 0.1) is 0 Å². The lowest BCUT2D eigenvalue weighted by Crippen LogP contribution is -2.44. The first-order chi connectivity index (χ1) is 5.18. The molecule has 2 rings (SSSR count). The van der Waals surface area contributed by atoms with Crippen molar-refractivity contribution in [3.05, 3.63) is 0 Å². The molecule has 64 valence electrons. The first-order valence-electron chi connectivity index (χ1n) is 4.70. The summed E-state index contributed by atoms with van der Waals surface area (Å²) in [7, 11) is 0. The van der Waals surface area contributed by atoms with Gasteiger partial charge in [-0.15, -0.1) is 0 Å². The molecule has 1 heterocycles. The van der Waals surface area contributed by atoms with Crippen LogP contribution in [0, 0.1) is 5.92 Å². The van der Waals surface area contributed by atoms with Crippen LogP contribution in [0.4, 0.5) is 0 Å². The summed E-state index contributed by atoms with van der Waals surface area (Å²) >= 11 is 0. The predicted molar refractivity (Wildman–Crippen MR) is 46.3 cm³/mol. The lowest BCUT2D eigenvalue weighted by atomic mass is 10.0. The van der Waals surface area contributed by atoms with Gasteiger partial charge in [-0.2, -0.15) is 0 Å². The summed E-state index contributed by atoms with van der Waals surface area (Å²) in [6.07, 6.45) is 2.60. The van der Waals surface area contributed by atoms with Gasteiger partial charge in [-0.25, -0.2) is 0 Å². The molecule has 3 atom stereocenters. The van der Waals surface area contributed by atoms with Crippen molar-refractivity contribution < 1.29 is 0 Å². The second-order valence-electron chi connectivity index (χ2n) is 4.34. The Bertz CT molecular complexity index is 154. The summed E-state index contributed by atoms with van der Waals surface area (Å²) in [6, 6.07) is 2.04. The average molecular weight is 154 g/mol. The summed E-state index contributed by atoms with van der Waals surface area (Å²) in [5.41, 5.74) is 5.96. The van der Waals surface area contributed by atoms with E-state index in [2.05, 4.69) is 18.7 Å². The highest BCUT2D eigenvalue weighted by Crippen LogP contribution is 2.37. The molecule has 1 aliphatic heterocycles. The van der Waals surface area contributed by atoms with Crippen LogP contribution in [0.5, 0.6) is 0 Å². The third-order valence-corrected chi connectivity index (χ3v) is 3.30. The molecule has 1 saturated carbocycles. The van der Waals surface area contributed by atoms with Crippen molar-refractivity contribution in [3.63, 3.8) is 0 Å². The standard InChI is InChI=1S/C9H18N2/c1-6(2)11-5-7-3-8(11)4-9(7)10/h6-9H,3-5,10H2,1-2H3/t7-,8?,9?/m1/s1. The van der Waals surface area contributed by atoms with Gasteiger partial charge < -0.3 is 5.73 Å². The Kier molecular flexibility index (Phi) is 1.69. The van der Waals surface area contributed by atoms with Crippen LogP contribution in [0.25, 0.3) is 0 Å². The predicted octanol–water partition coefficient (Wildman–Crippen LogP) is 0.816. The van der Waals surface area contributed by atoms with Crippen molar-refractivity contribution in [1.82, 2.24) is 4.90 Å². The molecule has 11 heavy (non-hydrogen) atoms. The van der Waals surface area contributed by atoms with Gasteiger partial charge in [0.1, 0.15) is 0 Å². The third-order valence-electron chi connectivity index (χ3n) is 3.30. The molecule has 2 bridgehead atoms. The van der Waals surface area contributed by atoms with Crippen molar-refractivity contribution in [2.24, 2.45) is 11.7 Å². The Balaban J connectivity index is 2.02. The molecule has 2 aliphatic rings. The molecule has 0 spiro atoms. The summed E-state index contributed by atoms with van der Waals surface area (Å²) in [5.74, 6) is 0.808. The smallest absolute Gasteiger partial charge is 0.0117 e. The van der Waals surface area contributed by atoms with Crippen molar-refractivity contribution in [2.75, 3.05) is 6.54 Å². The molecular formula is C9H18N2. The summed E-state index contributed by atoms with van der Waals surface area (Å²) in [4.78, 5) is 2.61. The van der Waals surface area contributed by atoms with Crippen LogP contribution >= 0.6 is 0 Å². The molecule has 1 saturated heterocycles. The molecule has 2 unspecified atom stereocenters. The fraction of sp³-hybridized carbons (Fsp3) is 1.00. The van der Waals surface area contributed by atoms with E-state index >= 15 is 0 Å². The number of rotatable bonds is 1. The Hall–Kier alpha value is -0.0800. The largest absolute Gasteiger partial charge is 0.327 e. The number of nitrogens with two attached hydrogens (primary N) is 1. The van der Waals surface area contributed by atoms with E-state index < -0.39 is 0 Å². The normalized spacial score (nSPS) is 44.2. The zero-order chi connectivity index (χ0) is 8.01. The van der Waals surface area contributed by atoms with Gasteiger partial charge in [-0.1, -0.05) is 0 Å². The summed E-state index contributed by atoms with van der Waals surface area (Å²) in [6.45, 7) is 5.82. The Morgan fingerprint density at radius 2 is 2.09 bits per heavy atom. The minimum Gasteiger partial charge on any atom is -0.327 e. The van der Waals surface area contributed by atoms with Gasteiger partial charge in [-0.3, -0.25) is 4.90 Å². The monoisotopic (exact) mass is 154 g/mol. The van der Waals surface area contributed by atoms with Crippen LogP contribution in [-0.4, -0.2) is 29.6 Å². The SMILES string of the molecule is CC(C)N1C[C@H]2CC1CC2N. The third kappa shape index (κ3) is 1.09. The molecule has 0 aromatic heterocycles. The van der Waals surface area contributed by atoms with Gasteiger partial charge in [0.25, 0.3) is 0 Å². The fourth-order valence-corrected chi connectivity index (χ4v) is 2.66. The summed E-state index contributed by atoms with van der Waals surface area (Å²) in [5, 5.41) is 0. The van der Waals surface area contributed by atoms with Gasteiger partial charge in [0.2, 0.25) is 0 Å². The molecule has 2 N–H and O–H groups in total. The van der Waals surface area contributed by atoms with E-state index in [1.807, 2.05) is 0 Å². The molecule has 2 fully saturated rings. The van der Waals surface area contributed by atoms with Crippen LogP contribution in [0.3, 0.4) is 0 Å². The highest BCUT2D eigenvalue weighted by atomic mass is 15.2. The first-order valence-corrected chi connectivity index (χ1v) is 4.70. The molecular weight excluding hydrogens is 136 g/mol. The van der Waals surface area contributed by atoms with Gasteiger partial charge in [0.15, 0.2) is 0 Å². The molecule has 0 radical (unpaired) electrons. The Morgan fingerprint density at radius 1 is 1.36 bits per heavy atom. The van der Waals surface area contributed by atoms with Crippen molar-refractivity contribution >= 4 is 0 Å². The second-order valence-corrected chi connectivity index (χ2v) is 4.34. The van der Waals surface area contributed by atoms with Crippen molar-refractivity contribution in [1.29, 1.82) is 0 Å². The van der Waals surface area contributed by atoms with E-state index in [0.717, 1.165) is 18.0 Å². The van der Waals surface area contributed by atoms with Gasteiger partial charge in [-0.05, 0) is 32.6 Å². The van der Waals surface area contributed by atoms with Crippen molar-refractivity contribution in [2.45, 2.75) is 44.8 Å². The van der Waals surface area contributed by atoms with Crippen molar-refractivity contribution in [3.8, 4) is 0 Å². The van der Waals surface area contributed by atoms with E-state index in [0.29, 0.717) is 6.04 Å². The van der Waals surface area contributed by atoms with E-state index in [1.165, 1.54) is 19.4 Å². The molecule has 0 aromatic rings. The summed E-state index contributed by atoms with van der Waals surface area (Å²) < 4.78 is 0. The molecule has 1 aliphatic carbocycles. The van der Waals surface area contributed by atoms with Crippen LogP contribution in [0.15, 0.2) is 0 Å². The lowest BCUT2D eigenvalue weighted by molar-refractivity contribution is 0.160. The first kappa shape index (κ1) is 7.56. The zero-order valence-electron chi connectivity index (χ0n) is 7.46. The number of hydrogen-bond acceptors (Lipinski definition) is 2. The molecule has 0 aromatic carbocycles. The number of fused-ring (bicyclic) bond motifs is 2. The van der Waals surface area contributed by atoms with Crippen LogP contribution < -0.4 is 5.73 Å². The zero-order valence-corrected chi connectivity index (χ0v) is 7.46. The van der Waals surface area contributed by atoms with Crippen LogP contribution in [0.1, 0.15) is 26.7 Å². The van der Waals surface area contributed by atoms with E-state index in [-0.39, 0.29) is 0 Å². The van der Waals surface area contributed by atoms with E-state index in [1.54, 1.807) is 0 Å². The maximum absolute atomic E-state index is 5.96. The topological polar surface area (TPSA) is 29.3 Å². The minimum absolute atomic E-state index is 0.509. The van der Waals surface area contributed by atoms with Crippen LogP contribution in [0.2, 0.25) is 0 Å². The quantitative estimate of drug-likeness (QED) is 0.606. The van der Waals surface area contributed by atoms with Gasteiger partial charge >= 0.3 is 0 Å². The Labute approximate surface area is 68.7 Å². The van der Waals surface area contributed by atoms with Gasteiger partial charge in [0, 0.05) is 24.7 Å². The fourth-order valence-electron chi connectivity index (χ4n) is 2.66. The highest BCUT2D eigenvalue weighted by Gasteiger charge is 2.43. The molecule has 0 amide bonds. The maximum Gasteiger partial charge on any atom is 0.0117 e. The molecule has 2 heteroatoms. The number of hydrogen-bond donors (Lipinski definition) is 1. The number of likely N-dealkylation sites (tertiary alicyclic amines) is 1. The highest BCUT2D eigenvalue weighted by molar-refractivity contribution is 5.00. The second kappa shape index (κ2) is 2.46. The average Bonchev–Trinajstić information content (AvgIpc) is 2.43. The maximum atomic E-state index is 5.96. The number of nitrogens with zero attached hydrogens (tertiary/aromatic N) is 1. The van der Waals surface area contributed by atoms with Crippen LogP contribution in [-0.2, 0) is 0 Å². The van der Waals surface area contributed by atoms with E-state index in [9.17, 15) is 0 Å². The lowest BCUT2D eigenvalue weighted by Gasteiger charge is -2.32. The number of piperidine rings is 1. The van der Waals surface area contributed by atoms with E-state index in [4.69, 9.17) is 5.73 Å². The molecule has 2 nitrogen and oxygen atoms in total. The minimum atomic E-state index is 0.509.